The number of nitrogens with one attached hydrogen (secondary N) is 2. The van der Waals surface area contributed by atoms with Gasteiger partial charge in [-0.25, -0.2) is 0 Å². The van der Waals surface area contributed by atoms with E-state index in [1.165, 1.54) is 10.4 Å². The van der Waals surface area contributed by atoms with E-state index in [0.29, 0.717) is 13.0 Å². The van der Waals surface area contributed by atoms with Gasteiger partial charge in [0.1, 0.15) is 8.07 Å². The van der Waals surface area contributed by atoms with Crippen molar-refractivity contribution in [2.24, 2.45) is 0 Å². The summed E-state index contributed by atoms with van der Waals surface area (Å²) in [6, 6.07) is 29.2. The molecule has 4 nitrogen and oxygen atoms in total. The fraction of sp³-hybridized carbons (Fsp3) is 0.382. The van der Waals surface area contributed by atoms with Gasteiger partial charge in [0.25, 0.3) is 8.32 Å². The Bertz CT molecular complexity index is 1290. The van der Waals surface area contributed by atoms with Gasteiger partial charge in [0, 0.05) is 12.1 Å². The number of benzene rings is 3. The quantitative estimate of drug-likeness (QED) is 0.296. The van der Waals surface area contributed by atoms with E-state index in [2.05, 4.69) is 135 Å². The number of hydrogen-bond donors (Lipinski definition) is 2. The molecule has 3 aromatic carbocycles. The SMILES string of the molecule is C[C@H](NC(=O)[C@@H]1C[C@@H](O[Si](c2ccccc2)(c2ccccc2)C(C)(C)C)CN1)c1ccc(C#C[Si](C)(C)C)cc1. The predicted molar refractivity (Wildman–Crippen MR) is 172 cm³/mol. The molecule has 0 aromatic heterocycles. The first-order chi connectivity index (χ1) is 18.9. The van der Waals surface area contributed by atoms with Crippen molar-refractivity contribution in [2.75, 3.05) is 6.54 Å². The third-order valence-corrected chi connectivity index (χ3v) is 13.5. The maximum absolute atomic E-state index is 13.3. The lowest BCUT2D eigenvalue weighted by atomic mass is 10.1. The lowest BCUT2D eigenvalue weighted by molar-refractivity contribution is -0.123. The van der Waals surface area contributed by atoms with E-state index in [1.54, 1.807) is 0 Å². The van der Waals surface area contributed by atoms with Gasteiger partial charge in [-0.2, -0.15) is 0 Å². The van der Waals surface area contributed by atoms with Crippen LogP contribution in [0.2, 0.25) is 24.7 Å². The van der Waals surface area contributed by atoms with E-state index in [1.807, 2.05) is 19.1 Å². The number of carbonyl (C=O) groups is 1. The number of carbonyl (C=O) groups excluding carboxylic acids is 1. The molecule has 0 spiro atoms. The molecule has 1 aliphatic rings. The van der Waals surface area contributed by atoms with E-state index in [9.17, 15) is 4.79 Å². The molecule has 1 saturated heterocycles. The Balaban J connectivity index is 1.47. The Morgan fingerprint density at radius 3 is 1.98 bits per heavy atom. The summed E-state index contributed by atoms with van der Waals surface area (Å²) >= 11 is 0. The van der Waals surface area contributed by atoms with E-state index in [0.717, 1.165) is 11.1 Å². The van der Waals surface area contributed by atoms with Gasteiger partial charge < -0.3 is 15.1 Å². The molecule has 3 atom stereocenters. The van der Waals surface area contributed by atoms with E-state index >= 15 is 0 Å². The zero-order valence-electron chi connectivity index (χ0n) is 25.0. The van der Waals surface area contributed by atoms with Gasteiger partial charge in [-0.15, -0.1) is 5.54 Å². The van der Waals surface area contributed by atoms with E-state index in [-0.39, 0.29) is 29.1 Å². The van der Waals surface area contributed by atoms with Crippen LogP contribution >= 0.6 is 0 Å². The molecule has 210 valence electrons. The minimum atomic E-state index is -2.67. The summed E-state index contributed by atoms with van der Waals surface area (Å²) in [4.78, 5) is 13.3. The second kappa shape index (κ2) is 12.3. The lowest BCUT2D eigenvalue weighted by Gasteiger charge is -2.44. The van der Waals surface area contributed by atoms with Gasteiger partial charge in [-0.1, -0.05) is 119 Å². The summed E-state index contributed by atoms with van der Waals surface area (Å²) in [5.74, 6) is 3.31. The average molecular weight is 569 g/mol. The first kappa shape index (κ1) is 30.0. The van der Waals surface area contributed by atoms with E-state index < -0.39 is 16.4 Å². The molecular formula is C34H44N2O2Si2. The molecule has 2 N–H and O–H groups in total. The first-order valence-electron chi connectivity index (χ1n) is 14.3. The van der Waals surface area contributed by atoms with Crippen molar-refractivity contribution in [3.05, 3.63) is 96.1 Å². The van der Waals surface area contributed by atoms with Gasteiger partial charge in [0.05, 0.1) is 18.2 Å². The van der Waals surface area contributed by atoms with Crippen LogP contribution in [0, 0.1) is 11.5 Å². The summed E-state index contributed by atoms with van der Waals surface area (Å²) in [7, 11) is -4.08. The maximum Gasteiger partial charge on any atom is 0.261 e. The lowest BCUT2D eigenvalue weighted by Crippen LogP contribution is -2.67. The van der Waals surface area contributed by atoms with Crippen LogP contribution in [-0.2, 0) is 9.22 Å². The van der Waals surface area contributed by atoms with Crippen LogP contribution in [0.3, 0.4) is 0 Å². The normalized spacial score (nSPS) is 18.5. The molecule has 0 bridgehead atoms. The number of rotatable bonds is 7. The van der Waals surface area contributed by atoms with Crippen molar-refractivity contribution in [3.8, 4) is 11.5 Å². The highest BCUT2D eigenvalue weighted by molar-refractivity contribution is 6.99. The average Bonchev–Trinajstić information content (AvgIpc) is 3.39. The van der Waals surface area contributed by atoms with Crippen LogP contribution < -0.4 is 21.0 Å². The van der Waals surface area contributed by atoms with E-state index in [4.69, 9.17) is 4.43 Å². The van der Waals surface area contributed by atoms with Gasteiger partial charge in [0.15, 0.2) is 0 Å². The zero-order valence-corrected chi connectivity index (χ0v) is 27.0. The molecule has 1 aliphatic heterocycles. The standard InChI is InChI=1S/C34H44N2O2Si2/c1-26(28-20-18-27(19-21-28)22-23-39(5,6)7)36-33(37)32-24-29(25-35-32)38-40(34(2,3)4,30-14-10-8-11-15-30)31-16-12-9-13-17-31/h8-21,26,29,32,35H,24-25H2,1-7H3,(H,36,37)/t26-,29+,32-/m0/s1. The third kappa shape index (κ3) is 7.02. The van der Waals surface area contributed by atoms with Crippen molar-refractivity contribution in [1.82, 2.24) is 10.6 Å². The Hall–Kier alpha value is -2.96. The van der Waals surface area contributed by atoms with Crippen LogP contribution in [0.1, 0.15) is 51.3 Å². The summed E-state index contributed by atoms with van der Waals surface area (Å²) in [6.45, 7) is 16.3. The zero-order chi connectivity index (χ0) is 29.0. The topological polar surface area (TPSA) is 50.4 Å². The highest BCUT2D eigenvalue weighted by atomic mass is 28.4. The number of amides is 1. The molecule has 1 amide bonds. The molecule has 4 rings (SSSR count). The second-order valence-electron chi connectivity index (χ2n) is 13.0. The molecule has 0 aliphatic carbocycles. The molecule has 0 unspecified atom stereocenters. The molecule has 3 aromatic rings. The largest absolute Gasteiger partial charge is 0.403 e. The molecule has 1 heterocycles. The minimum Gasteiger partial charge on any atom is -0.403 e. The molecule has 0 radical (unpaired) electrons. The Morgan fingerprint density at radius 1 is 0.925 bits per heavy atom. The monoisotopic (exact) mass is 568 g/mol. The highest BCUT2D eigenvalue weighted by Crippen LogP contribution is 2.38. The summed E-state index contributed by atoms with van der Waals surface area (Å²) in [5.41, 5.74) is 5.50. The molecule has 1 fully saturated rings. The maximum atomic E-state index is 13.3. The summed E-state index contributed by atoms with van der Waals surface area (Å²) < 4.78 is 7.25. The Morgan fingerprint density at radius 2 is 1.48 bits per heavy atom. The van der Waals surface area contributed by atoms with Gasteiger partial charge in [0.2, 0.25) is 5.91 Å². The van der Waals surface area contributed by atoms with Crippen molar-refractivity contribution >= 4 is 32.7 Å². The Labute approximate surface area is 243 Å². The molecule has 0 saturated carbocycles. The summed E-state index contributed by atoms with van der Waals surface area (Å²) in [6.07, 6.45) is 0.593. The summed E-state index contributed by atoms with van der Waals surface area (Å²) in [5, 5.41) is 9.08. The second-order valence-corrected chi connectivity index (χ2v) is 22.0. The molecule has 6 heteroatoms. The van der Waals surface area contributed by atoms with Crippen LogP contribution in [-0.4, -0.2) is 41.0 Å². The number of hydrogen-bond acceptors (Lipinski definition) is 3. The Kier molecular flexibility index (Phi) is 9.21. The smallest absolute Gasteiger partial charge is 0.261 e. The predicted octanol–water partition coefficient (Wildman–Crippen LogP) is 5.40. The van der Waals surface area contributed by atoms with Crippen molar-refractivity contribution in [1.29, 1.82) is 0 Å². The van der Waals surface area contributed by atoms with Crippen LogP contribution in [0.5, 0.6) is 0 Å². The minimum absolute atomic E-state index is 0.0173. The fourth-order valence-electron chi connectivity index (χ4n) is 5.45. The van der Waals surface area contributed by atoms with Crippen LogP contribution in [0.15, 0.2) is 84.9 Å². The van der Waals surface area contributed by atoms with Gasteiger partial charge in [-0.05, 0) is 46.5 Å². The van der Waals surface area contributed by atoms with Crippen molar-refractivity contribution in [2.45, 2.75) is 77.0 Å². The highest BCUT2D eigenvalue weighted by Gasteiger charge is 2.52. The van der Waals surface area contributed by atoms with Crippen molar-refractivity contribution < 1.29 is 9.22 Å². The van der Waals surface area contributed by atoms with Crippen LogP contribution in [0.25, 0.3) is 0 Å². The van der Waals surface area contributed by atoms with Crippen molar-refractivity contribution in [3.63, 3.8) is 0 Å². The fourth-order valence-corrected chi connectivity index (χ4v) is 10.7. The third-order valence-electron chi connectivity index (χ3n) is 7.52. The van der Waals surface area contributed by atoms with Crippen LogP contribution in [0.4, 0.5) is 0 Å². The first-order valence-corrected chi connectivity index (χ1v) is 19.8. The van der Waals surface area contributed by atoms with Gasteiger partial charge in [-0.3, -0.25) is 4.79 Å². The van der Waals surface area contributed by atoms with Gasteiger partial charge >= 0.3 is 0 Å². The molecular weight excluding hydrogens is 525 g/mol. The molecule has 40 heavy (non-hydrogen) atoms.